The van der Waals surface area contributed by atoms with E-state index in [2.05, 4.69) is 10.6 Å². The number of imide groups is 1. The van der Waals surface area contributed by atoms with Gasteiger partial charge in [0.05, 0.1) is 10.5 Å². The third-order valence-electron chi connectivity index (χ3n) is 6.08. The molecule has 0 spiro atoms. The first-order valence-electron chi connectivity index (χ1n) is 12.4. The highest BCUT2D eigenvalue weighted by atomic mass is 32.2. The van der Waals surface area contributed by atoms with Crippen LogP contribution in [0.15, 0.2) is 71.6 Å². The molecular formula is C30H27N3O6S. The third-order valence-corrected chi connectivity index (χ3v) is 6.99. The fourth-order valence-corrected chi connectivity index (χ4v) is 4.55. The van der Waals surface area contributed by atoms with Gasteiger partial charge in [0.15, 0.2) is 6.61 Å². The first-order chi connectivity index (χ1) is 19.1. The maximum absolute atomic E-state index is 12.8. The number of ether oxygens (including phenoxy) is 1. The normalized spacial score (nSPS) is 13.9. The highest BCUT2D eigenvalue weighted by Crippen LogP contribution is 2.32. The lowest BCUT2D eigenvalue weighted by atomic mass is 10.1. The molecule has 0 atom stereocenters. The highest BCUT2D eigenvalue weighted by Gasteiger charge is 2.36. The van der Waals surface area contributed by atoms with Gasteiger partial charge in [-0.25, -0.2) is 4.79 Å². The van der Waals surface area contributed by atoms with Gasteiger partial charge in [0, 0.05) is 11.4 Å². The van der Waals surface area contributed by atoms with E-state index in [1.54, 1.807) is 30.3 Å². The van der Waals surface area contributed by atoms with Crippen molar-refractivity contribution in [3.05, 3.63) is 99.5 Å². The maximum atomic E-state index is 12.8. The van der Waals surface area contributed by atoms with Crippen LogP contribution in [0.5, 0.6) is 0 Å². The smallest absolute Gasteiger partial charge is 0.338 e. The van der Waals surface area contributed by atoms with Crippen LogP contribution in [0.2, 0.25) is 0 Å². The molecule has 10 heteroatoms. The largest absolute Gasteiger partial charge is 0.452 e. The van der Waals surface area contributed by atoms with E-state index in [9.17, 15) is 24.0 Å². The molecule has 40 heavy (non-hydrogen) atoms. The molecule has 0 unspecified atom stereocenters. The van der Waals surface area contributed by atoms with Crippen molar-refractivity contribution in [1.29, 1.82) is 0 Å². The molecule has 0 radical (unpaired) electrons. The zero-order valence-electron chi connectivity index (χ0n) is 22.1. The number of rotatable bonds is 8. The molecule has 0 aromatic heterocycles. The Morgan fingerprint density at radius 3 is 2.15 bits per heavy atom. The van der Waals surface area contributed by atoms with Gasteiger partial charge in [-0.05, 0) is 91.7 Å². The Morgan fingerprint density at radius 1 is 0.825 bits per heavy atom. The Morgan fingerprint density at radius 2 is 1.48 bits per heavy atom. The molecule has 3 aromatic rings. The molecule has 4 amide bonds. The summed E-state index contributed by atoms with van der Waals surface area (Å²) >= 11 is 0.735. The zero-order valence-corrected chi connectivity index (χ0v) is 23.0. The van der Waals surface area contributed by atoms with E-state index >= 15 is 0 Å². The van der Waals surface area contributed by atoms with Crippen molar-refractivity contribution in [3.8, 4) is 0 Å². The predicted octanol–water partition coefficient (Wildman–Crippen LogP) is 5.08. The van der Waals surface area contributed by atoms with Crippen molar-refractivity contribution < 1.29 is 28.7 Å². The second kappa shape index (κ2) is 12.4. The molecule has 1 saturated heterocycles. The van der Waals surface area contributed by atoms with E-state index in [-0.39, 0.29) is 10.5 Å². The van der Waals surface area contributed by atoms with E-state index in [1.807, 2.05) is 45.0 Å². The van der Waals surface area contributed by atoms with Gasteiger partial charge < -0.3 is 15.4 Å². The second-order valence-corrected chi connectivity index (χ2v) is 10.2. The van der Waals surface area contributed by atoms with E-state index in [0.717, 1.165) is 33.4 Å². The molecule has 0 saturated carbocycles. The monoisotopic (exact) mass is 557 g/mol. The Bertz CT molecular complexity index is 1510. The number of anilines is 2. The summed E-state index contributed by atoms with van der Waals surface area (Å²) < 4.78 is 5.08. The van der Waals surface area contributed by atoms with Crippen molar-refractivity contribution in [2.45, 2.75) is 20.8 Å². The van der Waals surface area contributed by atoms with Crippen LogP contribution in [0.3, 0.4) is 0 Å². The fourth-order valence-electron chi connectivity index (χ4n) is 3.71. The van der Waals surface area contributed by atoms with Gasteiger partial charge in [0.25, 0.3) is 17.1 Å². The Balaban J connectivity index is 1.31. The number of carbonyl (C=O) groups is 5. The molecule has 9 nitrogen and oxygen atoms in total. The summed E-state index contributed by atoms with van der Waals surface area (Å²) in [6.45, 7) is 4.97. The molecule has 0 aliphatic carbocycles. The van der Waals surface area contributed by atoms with Crippen LogP contribution in [0, 0.1) is 20.8 Å². The van der Waals surface area contributed by atoms with Crippen LogP contribution in [-0.4, -0.2) is 47.0 Å². The number of benzene rings is 3. The summed E-state index contributed by atoms with van der Waals surface area (Å²) in [5.41, 5.74) is 5.12. The summed E-state index contributed by atoms with van der Waals surface area (Å²) in [5.74, 6) is -2.21. The number of hydrogen-bond acceptors (Lipinski definition) is 7. The number of nitrogens with one attached hydrogen (secondary N) is 2. The number of hydrogen-bond donors (Lipinski definition) is 2. The van der Waals surface area contributed by atoms with Crippen LogP contribution in [0.4, 0.5) is 16.2 Å². The summed E-state index contributed by atoms with van der Waals surface area (Å²) in [7, 11) is 0. The average Bonchev–Trinajstić information content (AvgIpc) is 3.18. The second-order valence-electron chi connectivity index (χ2n) is 9.23. The Kier molecular flexibility index (Phi) is 8.80. The lowest BCUT2D eigenvalue weighted by molar-refractivity contribution is -0.127. The van der Waals surface area contributed by atoms with Crippen molar-refractivity contribution >= 4 is 58.1 Å². The SMILES string of the molecule is Cc1ccc(NC(=O)COC(=O)c2ccc(/C=C3\SC(=O)N(CC(=O)Nc4ccc(C)c(C)c4)C3=O)cc2)cc1. The van der Waals surface area contributed by atoms with Gasteiger partial charge in [0.2, 0.25) is 5.91 Å². The number of thioether (sulfide) groups is 1. The molecule has 1 heterocycles. The van der Waals surface area contributed by atoms with E-state index in [4.69, 9.17) is 4.74 Å². The van der Waals surface area contributed by atoms with Gasteiger partial charge in [-0.2, -0.15) is 0 Å². The van der Waals surface area contributed by atoms with E-state index in [1.165, 1.54) is 18.2 Å². The number of carbonyl (C=O) groups excluding carboxylic acids is 5. The van der Waals surface area contributed by atoms with Crippen molar-refractivity contribution in [2.24, 2.45) is 0 Å². The van der Waals surface area contributed by atoms with Gasteiger partial charge in [-0.1, -0.05) is 35.9 Å². The minimum Gasteiger partial charge on any atom is -0.452 e. The average molecular weight is 558 g/mol. The quantitative estimate of drug-likeness (QED) is 0.293. The number of aryl methyl sites for hydroxylation is 3. The highest BCUT2D eigenvalue weighted by molar-refractivity contribution is 8.18. The summed E-state index contributed by atoms with van der Waals surface area (Å²) in [4.78, 5) is 63.1. The predicted molar refractivity (Wildman–Crippen MR) is 154 cm³/mol. The Labute approximate surface area is 235 Å². The van der Waals surface area contributed by atoms with Crippen LogP contribution in [0.25, 0.3) is 6.08 Å². The topological polar surface area (TPSA) is 122 Å². The van der Waals surface area contributed by atoms with Crippen LogP contribution < -0.4 is 10.6 Å². The number of nitrogens with zero attached hydrogens (tertiary/aromatic N) is 1. The molecule has 1 aliphatic heterocycles. The summed E-state index contributed by atoms with van der Waals surface area (Å²) in [6.07, 6.45) is 1.51. The summed E-state index contributed by atoms with van der Waals surface area (Å²) in [5, 5.41) is 4.81. The van der Waals surface area contributed by atoms with Crippen molar-refractivity contribution in [1.82, 2.24) is 4.90 Å². The molecular weight excluding hydrogens is 530 g/mol. The van der Waals surface area contributed by atoms with Crippen molar-refractivity contribution in [2.75, 3.05) is 23.8 Å². The van der Waals surface area contributed by atoms with Crippen LogP contribution in [-0.2, 0) is 19.1 Å². The molecule has 3 aromatic carbocycles. The molecule has 0 bridgehead atoms. The van der Waals surface area contributed by atoms with Gasteiger partial charge >= 0.3 is 5.97 Å². The molecule has 1 fully saturated rings. The first kappa shape index (κ1) is 28.3. The van der Waals surface area contributed by atoms with E-state index < -0.39 is 42.1 Å². The van der Waals surface area contributed by atoms with Crippen molar-refractivity contribution in [3.63, 3.8) is 0 Å². The minimum atomic E-state index is -0.680. The third kappa shape index (κ3) is 7.23. The Hall–Kier alpha value is -4.70. The lowest BCUT2D eigenvalue weighted by Gasteiger charge is -2.13. The zero-order chi connectivity index (χ0) is 28.8. The standard InChI is InChI=1S/C30H27N3O6S/c1-18-4-11-23(12-5-18)31-27(35)17-39-29(37)22-9-7-21(8-10-22)15-25-28(36)33(30(38)40-25)16-26(34)32-24-13-6-19(2)20(3)14-24/h4-15H,16-17H2,1-3H3,(H,31,35)(H,32,34)/b25-15-. The molecule has 2 N–H and O–H groups in total. The van der Waals surface area contributed by atoms with Crippen LogP contribution >= 0.6 is 11.8 Å². The molecule has 1 aliphatic rings. The van der Waals surface area contributed by atoms with Gasteiger partial charge in [-0.3, -0.25) is 24.1 Å². The fraction of sp³-hybridized carbons (Fsp3) is 0.167. The van der Waals surface area contributed by atoms with Crippen LogP contribution in [0.1, 0.15) is 32.6 Å². The van der Waals surface area contributed by atoms with E-state index in [0.29, 0.717) is 16.9 Å². The maximum Gasteiger partial charge on any atom is 0.338 e. The number of amides is 4. The first-order valence-corrected chi connectivity index (χ1v) is 13.2. The summed E-state index contributed by atoms with van der Waals surface area (Å²) in [6, 6.07) is 18.8. The van der Waals surface area contributed by atoms with Gasteiger partial charge in [0.1, 0.15) is 6.54 Å². The molecule has 4 rings (SSSR count). The number of esters is 1. The minimum absolute atomic E-state index is 0.159. The lowest BCUT2D eigenvalue weighted by Crippen LogP contribution is -2.36. The van der Waals surface area contributed by atoms with Gasteiger partial charge in [-0.15, -0.1) is 0 Å². The molecule has 204 valence electrons.